The van der Waals surface area contributed by atoms with E-state index in [4.69, 9.17) is 0 Å². The zero-order chi connectivity index (χ0) is 16.0. The van der Waals surface area contributed by atoms with Crippen LogP contribution in [-0.4, -0.2) is 34.1 Å². The summed E-state index contributed by atoms with van der Waals surface area (Å²) in [6.45, 7) is 7.53. The number of halogens is 1. The summed E-state index contributed by atoms with van der Waals surface area (Å²) in [6, 6.07) is 0. The summed E-state index contributed by atoms with van der Waals surface area (Å²) < 4.78 is 0. The molecule has 0 aliphatic heterocycles. The molecule has 3 nitrogen and oxygen atoms in total. The average Bonchev–Trinajstić information content (AvgIpc) is 2.42. The predicted octanol–water partition coefficient (Wildman–Crippen LogP) is 5.09. The Labute approximate surface area is 144 Å². The van der Waals surface area contributed by atoms with E-state index in [-0.39, 0.29) is 12.4 Å². The van der Waals surface area contributed by atoms with Crippen LogP contribution in [0.5, 0.6) is 0 Å². The van der Waals surface area contributed by atoms with Crippen LogP contribution in [0.4, 0.5) is 0 Å². The maximum atomic E-state index is 9.84. The van der Waals surface area contributed by atoms with E-state index < -0.39 is 5.91 Å². The van der Waals surface area contributed by atoms with Crippen LogP contribution < -0.4 is 0 Å². The van der Waals surface area contributed by atoms with Gasteiger partial charge in [0, 0.05) is 20.0 Å². The fourth-order valence-electron chi connectivity index (χ4n) is 2.70. The van der Waals surface area contributed by atoms with Crippen LogP contribution in [0.3, 0.4) is 0 Å². The largest absolute Gasteiger partial charge is 0.353 e. The Morgan fingerprint density at radius 3 is 1.27 bits per heavy atom. The molecule has 0 rings (SSSR count). The molecule has 0 aliphatic rings. The number of rotatable bonds is 15. The number of aliphatic hydroxyl groups is 2. The fourth-order valence-corrected chi connectivity index (χ4v) is 2.70. The maximum absolute atomic E-state index is 9.84. The van der Waals surface area contributed by atoms with Crippen molar-refractivity contribution >= 4 is 12.4 Å². The molecular formula is C18H40ClNO2. The molecule has 0 saturated heterocycles. The standard InChI is InChI=1S/C18H39NO2.ClH/c1-4-6-8-10-12-14-16-19(18(3,20)21)17-15-13-11-9-7-5-2;/h20-21H,4-17H2,1-3H3;1H. The number of nitrogens with zero attached hydrogens (tertiary/aromatic N) is 1. The molecule has 22 heavy (non-hydrogen) atoms. The van der Waals surface area contributed by atoms with E-state index >= 15 is 0 Å². The zero-order valence-electron chi connectivity index (χ0n) is 15.1. The minimum absolute atomic E-state index is 0. The van der Waals surface area contributed by atoms with Gasteiger partial charge >= 0.3 is 0 Å². The molecule has 0 radical (unpaired) electrons. The van der Waals surface area contributed by atoms with E-state index in [2.05, 4.69) is 13.8 Å². The van der Waals surface area contributed by atoms with E-state index in [0.29, 0.717) is 0 Å². The molecule has 136 valence electrons. The Hall–Kier alpha value is 0.170. The van der Waals surface area contributed by atoms with Crippen molar-refractivity contribution in [2.45, 2.75) is 104 Å². The van der Waals surface area contributed by atoms with Crippen molar-refractivity contribution in [2.75, 3.05) is 13.1 Å². The van der Waals surface area contributed by atoms with Gasteiger partial charge in [0.25, 0.3) is 0 Å². The van der Waals surface area contributed by atoms with Crippen molar-refractivity contribution < 1.29 is 10.2 Å². The molecule has 0 heterocycles. The minimum Gasteiger partial charge on any atom is -0.353 e. The lowest BCUT2D eigenvalue weighted by molar-refractivity contribution is -0.250. The molecule has 0 spiro atoms. The quantitative estimate of drug-likeness (QED) is 0.323. The Kier molecular flexibility index (Phi) is 17.8. The first-order valence-corrected chi connectivity index (χ1v) is 9.22. The third-order valence-corrected chi connectivity index (χ3v) is 4.16. The molecule has 0 aromatic rings. The van der Waals surface area contributed by atoms with Crippen LogP contribution in [-0.2, 0) is 0 Å². The summed E-state index contributed by atoms with van der Waals surface area (Å²) in [6.07, 6.45) is 14.9. The van der Waals surface area contributed by atoms with Gasteiger partial charge in [0.05, 0.1) is 0 Å². The normalized spacial score (nSPS) is 11.7. The van der Waals surface area contributed by atoms with E-state index in [1.807, 2.05) is 4.90 Å². The Bertz CT molecular complexity index is 204. The summed E-state index contributed by atoms with van der Waals surface area (Å²) in [5.41, 5.74) is 0. The van der Waals surface area contributed by atoms with Crippen molar-refractivity contribution in [1.82, 2.24) is 4.90 Å². The molecular weight excluding hydrogens is 298 g/mol. The first-order chi connectivity index (χ1) is 10.0. The lowest BCUT2D eigenvalue weighted by Gasteiger charge is -2.32. The minimum atomic E-state index is -1.66. The molecule has 4 heteroatoms. The highest BCUT2D eigenvalue weighted by molar-refractivity contribution is 5.85. The van der Waals surface area contributed by atoms with Crippen LogP contribution in [0, 0.1) is 0 Å². The van der Waals surface area contributed by atoms with E-state index in [9.17, 15) is 10.2 Å². The molecule has 0 unspecified atom stereocenters. The molecule has 0 amide bonds. The topological polar surface area (TPSA) is 43.7 Å². The van der Waals surface area contributed by atoms with Crippen LogP contribution in [0.1, 0.15) is 97.8 Å². The van der Waals surface area contributed by atoms with Gasteiger partial charge in [-0.05, 0) is 12.8 Å². The van der Waals surface area contributed by atoms with Gasteiger partial charge in [0.2, 0.25) is 5.91 Å². The van der Waals surface area contributed by atoms with E-state index in [1.165, 1.54) is 71.1 Å². The highest BCUT2D eigenvalue weighted by Crippen LogP contribution is 2.14. The first kappa shape index (κ1) is 24.4. The molecule has 2 N–H and O–H groups in total. The lowest BCUT2D eigenvalue weighted by atomic mass is 10.1. The molecule has 0 aromatic carbocycles. The van der Waals surface area contributed by atoms with Gasteiger partial charge in [-0.15, -0.1) is 12.4 Å². The smallest absolute Gasteiger partial charge is 0.221 e. The van der Waals surface area contributed by atoms with E-state index in [1.54, 1.807) is 0 Å². The Balaban J connectivity index is 0. The molecule has 0 saturated carbocycles. The second-order valence-corrected chi connectivity index (χ2v) is 6.49. The third-order valence-electron chi connectivity index (χ3n) is 4.16. The summed E-state index contributed by atoms with van der Waals surface area (Å²) >= 11 is 0. The van der Waals surface area contributed by atoms with Gasteiger partial charge in [0.15, 0.2) is 0 Å². The van der Waals surface area contributed by atoms with Gasteiger partial charge < -0.3 is 10.2 Å². The monoisotopic (exact) mass is 337 g/mol. The second-order valence-electron chi connectivity index (χ2n) is 6.49. The Morgan fingerprint density at radius 2 is 0.955 bits per heavy atom. The van der Waals surface area contributed by atoms with E-state index in [0.717, 1.165) is 25.9 Å². The van der Waals surface area contributed by atoms with Crippen molar-refractivity contribution in [1.29, 1.82) is 0 Å². The van der Waals surface area contributed by atoms with Gasteiger partial charge in [-0.25, -0.2) is 0 Å². The molecule has 0 aromatic heterocycles. The summed E-state index contributed by atoms with van der Waals surface area (Å²) in [5.74, 6) is -1.66. The zero-order valence-corrected chi connectivity index (χ0v) is 16.0. The van der Waals surface area contributed by atoms with Crippen LogP contribution in [0.25, 0.3) is 0 Å². The number of unbranched alkanes of at least 4 members (excludes halogenated alkanes) is 10. The van der Waals surface area contributed by atoms with Crippen LogP contribution in [0.2, 0.25) is 0 Å². The highest BCUT2D eigenvalue weighted by atomic mass is 35.5. The third kappa shape index (κ3) is 15.1. The molecule has 0 atom stereocenters. The summed E-state index contributed by atoms with van der Waals surface area (Å²) in [5, 5.41) is 19.7. The number of hydrogen-bond donors (Lipinski definition) is 2. The predicted molar refractivity (Wildman–Crippen MR) is 98.4 cm³/mol. The maximum Gasteiger partial charge on any atom is 0.221 e. The average molecular weight is 338 g/mol. The lowest BCUT2D eigenvalue weighted by Crippen LogP contribution is -2.47. The van der Waals surface area contributed by atoms with Gasteiger partial charge in [0.1, 0.15) is 0 Å². The van der Waals surface area contributed by atoms with Crippen LogP contribution >= 0.6 is 12.4 Å². The summed E-state index contributed by atoms with van der Waals surface area (Å²) in [7, 11) is 0. The summed E-state index contributed by atoms with van der Waals surface area (Å²) in [4.78, 5) is 1.83. The van der Waals surface area contributed by atoms with Crippen molar-refractivity contribution in [2.24, 2.45) is 0 Å². The second kappa shape index (κ2) is 16.0. The van der Waals surface area contributed by atoms with Gasteiger partial charge in [-0.3, -0.25) is 4.90 Å². The Morgan fingerprint density at radius 1 is 0.636 bits per heavy atom. The van der Waals surface area contributed by atoms with Crippen LogP contribution in [0.15, 0.2) is 0 Å². The van der Waals surface area contributed by atoms with Crippen molar-refractivity contribution in [3.05, 3.63) is 0 Å². The van der Waals surface area contributed by atoms with Crippen molar-refractivity contribution in [3.8, 4) is 0 Å². The molecule has 0 aliphatic carbocycles. The van der Waals surface area contributed by atoms with Crippen molar-refractivity contribution in [3.63, 3.8) is 0 Å². The first-order valence-electron chi connectivity index (χ1n) is 9.22. The highest BCUT2D eigenvalue weighted by Gasteiger charge is 2.24. The van der Waals surface area contributed by atoms with Gasteiger partial charge in [-0.1, -0.05) is 78.1 Å². The van der Waals surface area contributed by atoms with Gasteiger partial charge in [-0.2, -0.15) is 0 Å². The molecule has 0 fully saturated rings. The number of hydrogen-bond acceptors (Lipinski definition) is 3. The fraction of sp³-hybridized carbons (Fsp3) is 1.00. The molecule has 0 bridgehead atoms. The SMILES string of the molecule is CCCCCCCCN(CCCCCCCC)C(C)(O)O.Cl.